The number of nitrogens with zero attached hydrogens (tertiary/aromatic N) is 4. The molecule has 4 heterocycles. The van der Waals surface area contributed by atoms with E-state index in [2.05, 4.69) is 27.1 Å². The largest absolute Gasteiger partial charge is 0.445 e. The highest BCUT2D eigenvalue weighted by Gasteiger charge is 2.17. The zero-order valence-corrected chi connectivity index (χ0v) is 12.4. The third-order valence-corrected chi connectivity index (χ3v) is 4.18. The van der Waals surface area contributed by atoms with Crippen molar-refractivity contribution in [2.75, 3.05) is 0 Å². The van der Waals surface area contributed by atoms with Gasteiger partial charge in [0.1, 0.15) is 23.9 Å². The van der Waals surface area contributed by atoms with Crippen molar-refractivity contribution in [1.82, 2.24) is 24.1 Å². The molecule has 0 spiro atoms. The SMILES string of the molecule is Cn1ccnc1-c1cccc2c1[nH]c1c(-n3ccnc3)occ12. The molecule has 5 aromatic rings. The van der Waals surface area contributed by atoms with Gasteiger partial charge in [0.2, 0.25) is 5.88 Å². The zero-order valence-electron chi connectivity index (χ0n) is 12.4. The van der Waals surface area contributed by atoms with E-state index in [4.69, 9.17) is 4.42 Å². The van der Waals surface area contributed by atoms with Crippen molar-refractivity contribution in [1.29, 1.82) is 0 Å². The van der Waals surface area contributed by atoms with Crippen molar-refractivity contribution in [3.8, 4) is 17.3 Å². The van der Waals surface area contributed by atoms with E-state index in [1.165, 1.54) is 0 Å². The first-order valence-electron chi connectivity index (χ1n) is 7.31. The number of para-hydroxylation sites is 1. The lowest BCUT2D eigenvalue weighted by Crippen LogP contribution is -1.92. The smallest absolute Gasteiger partial charge is 0.229 e. The molecule has 0 atom stereocenters. The van der Waals surface area contributed by atoms with Crippen LogP contribution in [0.3, 0.4) is 0 Å². The Hall–Kier alpha value is -3.28. The van der Waals surface area contributed by atoms with Crippen LogP contribution in [-0.4, -0.2) is 24.1 Å². The Labute approximate surface area is 131 Å². The molecule has 5 rings (SSSR count). The van der Waals surface area contributed by atoms with Gasteiger partial charge in [-0.1, -0.05) is 12.1 Å². The summed E-state index contributed by atoms with van der Waals surface area (Å²) >= 11 is 0. The molecule has 23 heavy (non-hydrogen) atoms. The minimum atomic E-state index is 0.736. The summed E-state index contributed by atoms with van der Waals surface area (Å²) in [6.45, 7) is 0. The molecule has 6 heteroatoms. The van der Waals surface area contributed by atoms with E-state index in [0.29, 0.717) is 0 Å². The number of hydrogen-bond donors (Lipinski definition) is 1. The van der Waals surface area contributed by atoms with Gasteiger partial charge in [-0.3, -0.25) is 4.57 Å². The number of rotatable bonds is 2. The topological polar surface area (TPSA) is 64.6 Å². The van der Waals surface area contributed by atoms with Crippen LogP contribution in [0.2, 0.25) is 0 Å². The molecule has 0 saturated heterocycles. The van der Waals surface area contributed by atoms with Crippen LogP contribution in [0.4, 0.5) is 0 Å². The molecule has 0 fully saturated rings. The van der Waals surface area contributed by atoms with Crippen LogP contribution in [-0.2, 0) is 7.05 Å². The number of hydrogen-bond acceptors (Lipinski definition) is 3. The number of H-pyrrole nitrogens is 1. The van der Waals surface area contributed by atoms with Crippen molar-refractivity contribution >= 4 is 21.8 Å². The van der Waals surface area contributed by atoms with Gasteiger partial charge in [-0.05, 0) is 6.07 Å². The summed E-state index contributed by atoms with van der Waals surface area (Å²) in [5, 5.41) is 2.18. The van der Waals surface area contributed by atoms with Crippen LogP contribution in [0.1, 0.15) is 0 Å². The highest BCUT2D eigenvalue weighted by Crippen LogP contribution is 2.35. The van der Waals surface area contributed by atoms with Gasteiger partial charge in [-0.2, -0.15) is 0 Å². The molecule has 1 N–H and O–H groups in total. The lowest BCUT2D eigenvalue weighted by Gasteiger charge is -2.03. The third-order valence-electron chi connectivity index (χ3n) is 4.18. The lowest BCUT2D eigenvalue weighted by molar-refractivity contribution is 0.543. The van der Waals surface area contributed by atoms with E-state index in [1.807, 2.05) is 40.8 Å². The summed E-state index contributed by atoms with van der Waals surface area (Å²) in [4.78, 5) is 12.1. The van der Waals surface area contributed by atoms with Gasteiger partial charge in [0.05, 0.1) is 5.52 Å². The number of aromatic nitrogens is 5. The predicted molar refractivity (Wildman–Crippen MR) is 87.4 cm³/mol. The van der Waals surface area contributed by atoms with Crippen molar-refractivity contribution in [2.45, 2.75) is 0 Å². The molecule has 0 unspecified atom stereocenters. The van der Waals surface area contributed by atoms with Crippen molar-refractivity contribution < 1.29 is 4.42 Å². The van der Waals surface area contributed by atoms with E-state index in [0.717, 1.165) is 39.1 Å². The summed E-state index contributed by atoms with van der Waals surface area (Å²) in [6, 6.07) is 6.21. The molecule has 0 saturated carbocycles. The van der Waals surface area contributed by atoms with E-state index in [9.17, 15) is 0 Å². The van der Waals surface area contributed by atoms with Gasteiger partial charge in [0.25, 0.3) is 0 Å². The number of benzene rings is 1. The summed E-state index contributed by atoms with van der Waals surface area (Å²) in [5.74, 6) is 1.67. The van der Waals surface area contributed by atoms with Crippen molar-refractivity contribution in [2.24, 2.45) is 7.05 Å². The van der Waals surface area contributed by atoms with Gasteiger partial charge in [-0.25, -0.2) is 9.97 Å². The van der Waals surface area contributed by atoms with Gasteiger partial charge in [0.15, 0.2) is 0 Å². The van der Waals surface area contributed by atoms with E-state index in [1.54, 1.807) is 18.8 Å². The quantitative estimate of drug-likeness (QED) is 0.543. The van der Waals surface area contributed by atoms with Crippen LogP contribution < -0.4 is 0 Å². The molecule has 4 aromatic heterocycles. The minimum Gasteiger partial charge on any atom is -0.445 e. The Balaban J connectivity index is 1.85. The molecule has 0 aliphatic carbocycles. The molecular weight excluding hydrogens is 290 g/mol. The molecular formula is C17H13N5O. The summed E-state index contributed by atoms with van der Waals surface area (Å²) in [6.07, 6.45) is 10.9. The number of nitrogens with one attached hydrogen (secondary N) is 1. The Morgan fingerprint density at radius 3 is 2.83 bits per heavy atom. The van der Waals surface area contributed by atoms with Gasteiger partial charge in [0, 0.05) is 48.2 Å². The highest BCUT2D eigenvalue weighted by atomic mass is 16.3. The summed E-state index contributed by atoms with van der Waals surface area (Å²) in [5.41, 5.74) is 3.09. The maximum Gasteiger partial charge on any atom is 0.229 e. The van der Waals surface area contributed by atoms with Crippen LogP contribution in [0.15, 0.2) is 60.0 Å². The van der Waals surface area contributed by atoms with Crippen molar-refractivity contribution in [3.63, 3.8) is 0 Å². The van der Waals surface area contributed by atoms with Crippen molar-refractivity contribution in [3.05, 3.63) is 55.6 Å². The van der Waals surface area contributed by atoms with Gasteiger partial charge < -0.3 is 14.0 Å². The van der Waals surface area contributed by atoms with Crippen LogP contribution in [0.5, 0.6) is 0 Å². The molecule has 6 nitrogen and oxygen atoms in total. The summed E-state index contributed by atoms with van der Waals surface area (Å²) < 4.78 is 9.61. The Kier molecular flexibility index (Phi) is 2.33. The maximum absolute atomic E-state index is 5.73. The Bertz CT molecular complexity index is 1130. The Morgan fingerprint density at radius 1 is 1.09 bits per heavy atom. The average molecular weight is 303 g/mol. The van der Waals surface area contributed by atoms with Crippen LogP contribution in [0.25, 0.3) is 39.1 Å². The highest BCUT2D eigenvalue weighted by molar-refractivity contribution is 6.12. The zero-order chi connectivity index (χ0) is 15.4. The van der Waals surface area contributed by atoms with E-state index >= 15 is 0 Å². The normalized spacial score (nSPS) is 11.7. The number of imidazole rings is 2. The monoisotopic (exact) mass is 303 g/mol. The number of aromatic amines is 1. The number of fused-ring (bicyclic) bond motifs is 3. The van der Waals surface area contributed by atoms with Crippen LogP contribution >= 0.6 is 0 Å². The predicted octanol–water partition coefficient (Wildman–Crippen LogP) is 3.50. The minimum absolute atomic E-state index is 0.736. The number of furan rings is 1. The molecule has 0 aliphatic heterocycles. The van der Waals surface area contributed by atoms with Gasteiger partial charge in [-0.15, -0.1) is 0 Å². The van der Waals surface area contributed by atoms with E-state index in [-0.39, 0.29) is 0 Å². The fourth-order valence-electron chi connectivity index (χ4n) is 3.08. The second-order valence-corrected chi connectivity index (χ2v) is 5.51. The van der Waals surface area contributed by atoms with Crippen LogP contribution in [0, 0.1) is 0 Å². The summed E-state index contributed by atoms with van der Waals surface area (Å²) in [7, 11) is 2.00. The van der Waals surface area contributed by atoms with Gasteiger partial charge >= 0.3 is 0 Å². The molecule has 0 radical (unpaired) electrons. The second-order valence-electron chi connectivity index (χ2n) is 5.51. The molecule has 0 amide bonds. The maximum atomic E-state index is 5.73. The first-order chi connectivity index (χ1) is 11.3. The standard InChI is InChI=1S/C17H13N5O/c1-21-7-6-19-16(21)12-4-2-3-11-13-9-23-17(15(13)20-14(11)12)22-8-5-18-10-22/h2-10,20H,1H3. The first kappa shape index (κ1) is 12.3. The molecule has 1 aromatic carbocycles. The Morgan fingerprint density at radius 2 is 2.04 bits per heavy atom. The third kappa shape index (κ3) is 1.63. The average Bonchev–Trinajstić information content (AvgIpc) is 3.30. The molecule has 0 bridgehead atoms. The number of aryl methyl sites for hydroxylation is 1. The molecule has 112 valence electrons. The fourth-order valence-corrected chi connectivity index (χ4v) is 3.08. The van der Waals surface area contributed by atoms with E-state index < -0.39 is 0 Å². The molecule has 0 aliphatic rings. The first-order valence-corrected chi connectivity index (χ1v) is 7.31. The second kappa shape index (κ2) is 4.36. The lowest BCUT2D eigenvalue weighted by atomic mass is 10.1. The fraction of sp³-hybridized carbons (Fsp3) is 0.0588.